The lowest BCUT2D eigenvalue weighted by atomic mass is 10.0. The summed E-state index contributed by atoms with van der Waals surface area (Å²) in [6, 6.07) is 3.51. The average Bonchev–Trinajstić information content (AvgIpc) is 2.98. The summed E-state index contributed by atoms with van der Waals surface area (Å²) in [4.78, 5) is 11.8. The van der Waals surface area contributed by atoms with E-state index in [2.05, 4.69) is 5.32 Å². The van der Waals surface area contributed by atoms with E-state index in [4.69, 9.17) is 9.15 Å². The molecule has 3 unspecified atom stereocenters. The number of nitrogens with one attached hydrogen (secondary N) is 1. The van der Waals surface area contributed by atoms with Gasteiger partial charge in [0.2, 0.25) is 5.91 Å². The van der Waals surface area contributed by atoms with Gasteiger partial charge >= 0.3 is 0 Å². The topological polar surface area (TPSA) is 71.7 Å². The van der Waals surface area contributed by atoms with Crippen molar-refractivity contribution in [3.8, 4) is 0 Å². The number of amides is 1. The summed E-state index contributed by atoms with van der Waals surface area (Å²) >= 11 is 0. The van der Waals surface area contributed by atoms with Crippen LogP contribution in [0.25, 0.3) is 0 Å². The van der Waals surface area contributed by atoms with Crippen LogP contribution in [0, 0.1) is 12.8 Å². The van der Waals surface area contributed by atoms with Gasteiger partial charge in [0, 0.05) is 6.61 Å². The van der Waals surface area contributed by atoms with Gasteiger partial charge in [0.05, 0.1) is 18.6 Å². The molecule has 0 aliphatic heterocycles. The van der Waals surface area contributed by atoms with Crippen molar-refractivity contribution in [2.75, 3.05) is 13.2 Å². The van der Waals surface area contributed by atoms with Crippen LogP contribution >= 0.6 is 0 Å². The molecule has 1 aromatic heterocycles. The number of carbonyl (C=O) groups is 1. The Labute approximate surface area is 112 Å². The molecule has 1 saturated carbocycles. The van der Waals surface area contributed by atoms with Crippen LogP contribution < -0.4 is 5.32 Å². The first-order valence-electron chi connectivity index (χ1n) is 6.62. The van der Waals surface area contributed by atoms with E-state index in [1.807, 2.05) is 13.8 Å². The molecule has 0 saturated heterocycles. The van der Waals surface area contributed by atoms with Gasteiger partial charge in [-0.25, -0.2) is 0 Å². The largest absolute Gasteiger partial charge is 0.463 e. The molecular formula is C14H21NO4. The van der Waals surface area contributed by atoms with Gasteiger partial charge in [-0.05, 0) is 39.3 Å². The van der Waals surface area contributed by atoms with Crippen molar-refractivity contribution in [2.45, 2.75) is 38.9 Å². The van der Waals surface area contributed by atoms with Gasteiger partial charge in [0.25, 0.3) is 0 Å². The Morgan fingerprint density at radius 3 is 2.95 bits per heavy atom. The third kappa shape index (κ3) is 3.36. The average molecular weight is 267 g/mol. The Hall–Kier alpha value is -1.33. The normalized spacial score (nSPS) is 24.8. The molecular weight excluding hydrogens is 246 g/mol. The monoisotopic (exact) mass is 267 g/mol. The van der Waals surface area contributed by atoms with Crippen molar-refractivity contribution in [3.63, 3.8) is 0 Å². The van der Waals surface area contributed by atoms with E-state index in [1.54, 1.807) is 19.1 Å². The fourth-order valence-electron chi connectivity index (χ4n) is 2.05. The second-order valence-electron chi connectivity index (χ2n) is 5.24. The minimum Gasteiger partial charge on any atom is -0.463 e. The Balaban J connectivity index is 1.83. The number of aryl methyl sites for hydroxylation is 1. The second kappa shape index (κ2) is 5.35. The standard InChI is InChI=1S/C14H21NO4/c1-4-18-11-7-10(11)13(16)15-8-14(3,17)12-6-5-9(2)19-12/h5-6,10-11,17H,4,7-8H2,1-3H3,(H,15,16). The van der Waals surface area contributed by atoms with E-state index < -0.39 is 5.60 Å². The lowest BCUT2D eigenvalue weighted by Crippen LogP contribution is -2.39. The number of aliphatic hydroxyl groups is 1. The van der Waals surface area contributed by atoms with Gasteiger partial charge in [-0.2, -0.15) is 0 Å². The molecule has 0 bridgehead atoms. The maximum atomic E-state index is 11.8. The molecule has 19 heavy (non-hydrogen) atoms. The van der Waals surface area contributed by atoms with Gasteiger partial charge in [0.1, 0.15) is 17.1 Å². The van der Waals surface area contributed by atoms with Crippen LogP contribution in [0.4, 0.5) is 0 Å². The van der Waals surface area contributed by atoms with Gasteiger partial charge in [-0.3, -0.25) is 4.79 Å². The SMILES string of the molecule is CCOC1CC1C(=O)NCC(C)(O)c1ccc(C)o1. The molecule has 5 nitrogen and oxygen atoms in total. The lowest BCUT2D eigenvalue weighted by Gasteiger charge is -2.21. The van der Waals surface area contributed by atoms with Crippen molar-refractivity contribution >= 4 is 5.91 Å². The zero-order valence-electron chi connectivity index (χ0n) is 11.6. The summed E-state index contributed by atoms with van der Waals surface area (Å²) in [6.45, 7) is 6.11. The summed E-state index contributed by atoms with van der Waals surface area (Å²) < 4.78 is 10.8. The summed E-state index contributed by atoms with van der Waals surface area (Å²) in [5.41, 5.74) is -1.19. The summed E-state index contributed by atoms with van der Waals surface area (Å²) in [6.07, 6.45) is 0.808. The van der Waals surface area contributed by atoms with Crippen LogP contribution in [0.15, 0.2) is 16.5 Å². The third-order valence-electron chi connectivity index (χ3n) is 3.33. The van der Waals surface area contributed by atoms with Crippen LogP contribution in [-0.2, 0) is 15.1 Å². The van der Waals surface area contributed by atoms with Crippen LogP contribution in [-0.4, -0.2) is 30.3 Å². The van der Waals surface area contributed by atoms with Gasteiger partial charge < -0.3 is 19.6 Å². The Bertz CT molecular complexity index is 452. The predicted molar refractivity (Wildman–Crippen MR) is 69.5 cm³/mol. The number of furan rings is 1. The van der Waals surface area contributed by atoms with Gasteiger partial charge in [0.15, 0.2) is 0 Å². The maximum absolute atomic E-state index is 11.8. The lowest BCUT2D eigenvalue weighted by molar-refractivity contribution is -0.124. The van der Waals surface area contributed by atoms with Crippen LogP contribution in [0.1, 0.15) is 31.8 Å². The van der Waals surface area contributed by atoms with E-state index in [0.29, 0.717) is 12.4 Å². The minimum absolute atomic E-state index is 0.0424. The molecule has 5 heteroatoms. The smallest absolute Gasteiger partial charge is 0.225 e. The highest BCUT2D eigenvalue weighted by atomic mass is 16.5. The summed E-state index contributed by atoms with van der Waals surface area (Å²) in [5, 5.41) is 13.0. The molecule has 2 N–H and O–H groups in total. The Kier molecular flexibility index (Phi) is 3.96. The zero-order valence-corrected chi connectivity index (χ0v) is 11.6. The molecule has 2 rings (SSSR count). The van der Waals surface area contributed by atoms with Crippen LogP contribution in [0.5, 0.6) is 0 Å². The summed E-state index contributed by atoms with van der Waals surface area (Å²) in [5.74, 6) is 1.05. The molecule has 0 aromatic carbocycles. The van der Waals surface area contributed by atoms with E-state index >= 15 is 0 Å². The number of ether oxygens (including phenoxy) is 1. The number of hydrogen-bond acceptors (Lipinski definition) is 4. The van der Waals surface area contributed by atoms with Crippen LogP contribution in [0.3, 0.4) is 0 Å². The van der Waals surface area contributed by atoms with E-state index in [-0.39, 0.29) is 24.5 Å². The quantitative estimate of drug-likeness (QED) is 0.816. The van der Waals surface area contributed by atoms with Crippen molar-refractivity contribution in [3.05, 3.63) is 23.7 Å². The van der Waals surface area contributed by atoms with E-state index in [1.165, 1.54) is 0 Å². The zero-order chi connectivity index (χ0) is 14.0. The molecule has 1 amide bonds. The number of carbonyl (C=O) groups excluding carboxylic acids is 1. The van der Waals surface area contributed by atoms with Crippen molar-refractivity contribution in [2.24, 2.45) is 5.92 Å². The first kappa shape index (κ1) is 14.1. The van der Waals surface area contributed by atoms with Gasteiger partial charge in [-0.1, -0.05) is 0 Å². The molecule has 3 atom stereocenters. The first-order valence-corrected chi connectivity index (χ1v) is 6.62. The van der Waals surface area contributed by atoms with E-state index in [9.17, 15) is 9.90 Å². The van der Waals surface area contributed by atoms with Crippen molar-refractivity contribution < 1.29 is 19.1 Å². The van der Waals surface area contributed by atoms with Gasteiger partial charge in [-0.15, -0.1) is 0 Å². The minimum atomic E-state index is -1.19. The Morgan fingerprint density at radius 2 is 2.37 bits per heavy atom. The predicted octanol–water partition coefficient (Wildman–Crippen LogP) is 1.34. The number of rotatable bonds is 6. The first-order chi connectivity index (χ1) is 8.94. The molecule has 1 aromatic rings. The fourth-order valence-corrected chi connectivity index (χ4v) is 2.05. The van der Waals surface area contributed by atoms with E-state index in [0.717, 1.165) is 12.2 Å². The highest BCUT2D eigenvalue weighted by Crippen LogP contribution is 2.34. The molecule has 1 aliphatic carbocycles. The molecule has 1 fully saturated rings. The molecule has 0 spiro atoms. The molecule has 106 valence electrons. The van der Waals surface area contributed by atoms with Crippen LogP contribution in [0.2, 0.25) is 0 Å². The Morgan fingerprint density at radius 1 is 1.63 bits per heavy atom. The number of hydrogen-bond donors (Lipinski definition) is 2. The summed E-state index contributed by atoms with van der Waals surface area (Å²) in [7, 11) is 0. The fraction of sp³-hybridized carbons (Fsp3) is 0.643. The highest BCUT2D eigenvalue weighted by Gasteiger charge is 2.44. The molecule has 0 radical (unpaired) electrons. The second-order valence-corrected chi connectivity index (χ2v) is 5.24. The maximum Gasteiger partial charge on any atom is 0.225 e. The highest BCUT2D eigenvalue weighted by molar-refractivity contribution is 5.82. The third-order valence-corrected chi connectivity index (χ3v) is 3.33. The van der Waals surface area contributed by atoms with Crippen molar-refractivity contribution in [1.29, 1.82) is 0 Å². The van der Waals surface area contributed by atoms with Crippen molar-refractivity contribution in [1.82, 2.24) is 5.32 Å². The molecule has 1 heterocycles. The molecule has 1 aliphatic rings.